The molecule has 1 aliphatic rings. The highest BCUT2D eigenvalue weighted by Gasteiger charge is 2.22. The number of phenolic OH excluding ortho intramolecular Hbond substituents is 2. The summed E-state index contributed by atoms with van der Waals surface area (Å²) < 4.78 is 5.14. The van der Waals surface area contributed by atoms with E-state index < -0.39 is 5.97 Å². The maximum Gasteiger partial charge on any atom is 0.339 e. The highest BCUT2D eigenvalue weighted by molar-refractivity contribution is 5.99. The molecule has 0 atom stereocenters. The van der Waals surface area contributed by atoms with Crippen LogP contribution in [0.2, 0.25) is 0 Å². The van der Waals surface area contributed by atoms with E-state index in [9.17, 15) is 15.0 Å². The molecule has 0 spiro atoms. The van der Waals surface area contributed by atoms with Crippen molar-refractivity contribution in [1.29, 1.82) is 0 Å². The zero-order valence-corrected chi connectivity index (χ0v) is 10.3. The number of fused-ring (bicyclic) bond motifs is 3. The van der Waals surface area contributed by atoms with E-state index in [2.05, 4.69) is 0 Å². The second-order valence-corrected chi connectivity index (χ2v) is 4.60. The number of carbonyl (C=O) groups is 1. The molecule has 0 saturated carbocycles. The third-order valence-electron chi connectivity index (χ3n) is 3.29. The minimum atomic E-state index is -0.471. The van der Waals surface area contributed by atoms with Gasteiger partial charge >= 0.3 is 5.97 Å². The number of hydrogen-bond acceptors (Lipinski definition) is 4. The molecular formula is C15H12O4. The maximum absolute atomic E-state index is 11.9. The summed E-state index contributed by atoms with van der Waals surface area (Å²) in [7, 11) is 0. The first-order valence-corrected chi connectivity index (χ1v) is 5.89. The van der Waals surface area contributed by atoms with E-state index >= 15 is 0 Å². The Morgan fingerprint density at radius 1 is 1.05 bits per heavy atom. The van der Waals surface area contributed by atoms with Gasteiger partial charge in [0.25, 0.3) is 0 Å². The summed E-state index contributed by atoms with van der Waals surface area (Å²) >= 11 is 0. The molecule has 0 fully saturated rings. The highest BCUT2D eigenvalue weighted by Crippen LogP contribution is 2.36. The van der Waals surface area contributed by atoms with Crippen molar-refractivity contribution in [3.63, 3.8) is 0 Å². The number of benzene rings is 2. The summed E-state index contributed by atoms with van der Waals surface area (Å²) in [5.74, 6) is -0.271. The number of phenols is 2. The number of hydrogen-bond donors (Lipinski definition) is 2. The molecule has 2 aromatic carbocycles. The average molecular weight is 256 g/mol. The Balaban J connectivity index is 2.33. The van der Waals surface area contributed by atoms with Gasteiger partial charge in [-0.2, -0.15) is 0 Å². The summed E-state index contributed by atoms with van der Waals surface area (Å²) in [6.45, 7) is 1.88. The molecule has 1 heterocycles. The SMILES string of the molecule is Cc1cc2c(cc1O)C(=O)OCc1cc(O)ccc1-2. The van der Waals surface area contributed by atoms with Crippen LogP contribution >= 0.6 is 0 Å². The number of ether oxygens (including phenoxy) is 1. The first kappa shape index (κ1) is 11.6. The van der Waals surface area contributed by atoms with Crippen LogP contribution in [0, 0.1) is 6.92 Å². The molecule has 1 aliphatic heterocycles. The van der Waals surface area contributed by atoms with Crippen LogP contribution in [0.4, 0.5) is 0 Å². The molecule has 0 radical (unpaired) electrons. The highest BCUT2D eigenvalue weighted by atomic mass is 16.5. The van der Waals surface area contributed by atoms with Gasteiger partial charge in [0, 0.05) is 5.56 Å². The van der Waals surface area contributed by atoms with E-state index in [0.717, 1.165) is 11.1 Å². The van der Waals surface area contributed by atoms with Crippen LogP contribution in [-0.4, -0.2) is 16.2 Å². The summed E-state index contributed by atoms with van der Waals surface area (Å²) in [5.41, 5.74) is 3.33. The molecule has 96 valence electrons. The van der Waals surface area contributed by atoms with Crippen LogP contribution in [-0.2, 0) is 11.3 Å². The molecular weight excluding hydrogens is 244 g/mol. The third-order valence-corrected chi connectivity index (χ3v) is 3.29. The van der Waals surface area contributed by atoms with E-state index in [1.165, 1.54) is 6.07 Å². The summed E-state index contributed by atoms with van der Waals surface area (Å²) in [6.07, 6.45) is 0. The van der Waals surface area contributed by atoms with E-state index in [1.54, 1.807) is 31.2 Å². The molecule has 2 aromatic rings. The van der Waals surface area contributed by atoms with Crippen LogP contribution in [0.1, 0.15) is 21.5 Å². The number of rotatable bonds is 0. The minimum Gasteiger partial charge on any atom is -0.508 e. The lowest BCUT2D eigenvalue weighted by Crippen LogP contribution is -2.03. The van der Waals surface area contributed by atoms with Crippen molar-refractivity contribution in [2.45, 2.75) is 13.5 Å². The molecule has 4 heteroatoms. The van der Waals surface area contributed by atoms with Crippen molar-refractivity contribution < 1.29 is 19.7 Å². The maximum atomic E-state index is 11.9. The largest absolute Gasteiger partial charge is 0.508 e. The van der Waals surface area contributed by atoms with Gasteiger partial charge in [0.1, 0.15) is 18.1 Å². The summed E-state index contributed by atoms with van der Waals surface area (Å²) in [5, 5.41) is 19.2. The smallest absolute Gasteiger partial charge is 0.339 e. The Labute approximate surface area is 109 Å². The first-order valence-electron chi connectivity index (χ1n) is 5.89. The molecule has 4 nitrogen and oxygen atoms in total. The molecule has 3 rings (SSSR count). The van der Waals surface area contributed by atoms with Crippen LogP contribution in [0.5, 0.6) is 11.5 Å². The fraction of sp³-hybridized carbons (Fsp3) is 0.133. The van der Waals surface area contributed by atoms with Crippen molar-refractivity contribution in [3.05, 3.63) is 47.0 Å². The quantitative estimate of drug-likeness (QED) is 0.711. The Morgan fingerprint density at radius 3 is 2.63 bits per heavy atom. The van der Waals surface area contributed by atoms with Gasteiger partial charge in [-0.05, 0) is 47.9 Å². The van der Waals surface area contributed by atoms with E-state index in [1.807, 2.05) is 0 Å². The first-order chi connectivity index (χ1) is 9.06. The fourth-order valence-corrected chi connectivity index (χ4v) is 2.27. The molecule has 0 unspecified atom stereocenters. The van der Waals surface area contributed by atoms with Gasteiger partial charge in [-0.1, -0.05) is 6.07 Å². The second-order valence-electron chi connectivity index (χ2n) is 4.60. The van der Waals surface area contributed by atoms with Crippen LogP contribution in [0.15, 0.2) is 30.3 Å². The normalized spacial score (nSPS) is 13.2. The third kappa shape index (κ3) is 1.81. The Hall–Kier alpha value is -2.49. The number of aryl methyl sites for hydroxylation is 1. The van der Waals surface area contributed by atoms with Gasteiger partial charge in [-0.3, -0.25) is 0 Å². The zero-order valence-electron chi connectivity index (χ0n) is 10.3. The topological polar surface area (TPSA) is 66.8 Å². The number of aromatic hydroxyl groups is 2. The number of esters is 1. The van der Waals surface area contributed by atoms with Gasteiger partial charge in [0.15, 0.2) is 0 Å². The summed E-state index contributed by atoms with van der Waals surface area (Å²) in [6, 6.07) is 8.09. The van der Waals surface area contributed by atoms with Gasteiger partial charge in [0.2, 0.25) is 0 Å². The number of cyclic esters (lactones) is 1. The van der Waals surface area contributed by atoms with Gasteiger partial charge in [-0.25, -0.2) is 4.79 Å². The zero-order chi connectivity index (χ0) is 13.6. The Kier molecular flexibility index (Phi) is 2.45. The van der Waals surface area contributed by atoms with Crippen LogP contribution < -0.4 is 0 Å². The molecule has 19 heavy (non-hydrogen) atoms. The van der Waals surface area contributed by atoms with Crippen LogP contribution in [0.3, 0.4) is 0 Å². The molecule has 0 bridgehead atoms. The lowest BCUT2D eigenvalue weighted by molar-refractivity contribution is 0.0478. The molecule has 0 saturated heterocycles. The van der Waals surface area contributed by atoms with E-state index in [4.69, 9.17) is 4.74 Å². The second kappa shape index (κ2) is 4.02. The molecule has 2 N–H and O–H groups in total. The molecule has 0 aromatic heterocycles. The van der Waals surface area contributed by atoms with Gasteiger partial charge < -0.3 is 14.9 Å². The Bertz CT molecular complexity index is 689. The van der Waals surface area contributed by atoms with Crippen molar-refractivity contribution >= 4 is 5.97 Å². The summed E-state index contributed by atoms with van der Waals surface area (Å²) in [4.78, 5) is 11.9. The van der Waals surface area contributed by atoms with Gasteiger partial charge in [-0.15, -0.1) is 0 Å². The van der Waals surface area contributed by atoms with Crippen molar-refractivity contribution in [2.75, 3.05) is 0 Å². The average Bonchev–Trinajstić information content (AvgIpc) is 2.50. The van der Waals surface area contributed by atoms with E-state index in [-0.39, 0.29) is 18.1 Å². The number of carbonyl (C=O) groups excluding carboxylic acids is 1. The molecule has 0 amide bonds. The minimum absolute atomic E-state index is 0.0675. The van der Waals surface area contributed by atoms with Crippen molar-refractivity contribution in [3.8, 4) is 22.6 Å². The van der Waals surface area contributed by atoms with Crippen molar-refractivity contribution in [2.24, 2.45) is 0 Å². The predicted molar refractivity (Wildman–Crippen MR) is 69.1 cm³/mol. The predicted octanol–water partition coefficient (Wildman–Crippen LogP) is 2.74. The standard InChI is InChI=1S/C15H12O4/c1-8-4-12-11-3-2-10(16)5-9(11)7-19-15(18)13(12)6-14(8)17/h2-6,16-17H,7H2,1H3. The van der Waals surface area contributed by atoms with Crippen LogP contribution in [0.25, 0.3) is 11.1 Å². The fourth-order valence-electron chi connectivity index (χ4n) is 2.27. The van der Waals surface area contributed by atoms with Crippen molar-refractivity contribution in [1.82, 2.24) is 0 Å². The lowest BCUT2D eigenvalue weighted by atomic mass is 9.94. The molecule has 0 aliphatic carbocycles. The van der Waals surface area contributed by atoms with E-state index in [0.29, 0.717) is 16.7 Å². The Morgan fingerprint density at radius 2 is 1.84 bits per heavy atom. The monoisotopic (exact) mass is 256 g/mol. The van der Waals surface area contributed by atoms with Gasteiger partial charge in [0.05, 0.1) is 5.56 Å². The lowest BCUT2D eigenvalue weighted by Gasteiger charge is -2.09.